The number of carbonyl (C=O) groups excluding carboxylic acids is 2. The van der Waals surface area contributed by atoms with Crippen molar-refractivity contribution in [3.05, 3.63) is 77.9 Å². The number of carbonyl (C=O) groups is 2. The van der Waals surface area contributed by atoms with Crippen LogP contribution < -0.4 is 10.1 Å². The lowest BCUT2D eigenvalue weighted by Gasteiger charge is -2.15. The summed E-state index contributed by atoms with van der Waals surface area (Å²) in [6, 6.07) is 13.2. The Balaban J connectivity index is 1.55. The summed E-state index contributed by atoms with van der Waals surface area (Å²) in [5.74, 6) is 0.279. The van der Waals surface area contributed by atoms with Crippen molar-refractivity contribution in [2.75, 3.05) is 7.11 Å². The molecule has 29 heavy (non-hydrogen) atoms. The lowest BCUT2D eigenvalue weighted by atomic mass is 10.0. The van der Waals surface area contributed by atoms with Gasteiger partial charge in [-0.25, -0.2) is 4.98 Å². The van der Waals surface area contributed by atoms with Crippen molar-refractivity contribution in [1.29, 1.82) is 0 Å². The fraction of sp³-hybridized carbons (Fsp3) is 0.261. The number of rotatable bonds is 8. The van der Waals surface area contributed by atoms with Gasteiger partial charge in [-0.3, -0.25) is 9.59 Å². The summed E-state index contributed by atoms with van der Waals surface area (Å²) in [6.07, 6.45) is 5.61. The van der Waals surface area contributed by atoms with Crippen LogP contribution in [0.4, 0.5) is 0 Å². The first-order valence-corrected chi connectivity index (χ1v) is 9.53. The minimum Gasteiger partial charge on any atom is -0.496 e. The summed E-state index contributed by atoms with van der Waals surface area (Å²) in [4.78, 5) is 28.9. The maximum atomic E-state index is 12.5. The smallest absolute Gasteiger partial charge is 0.220 e. The standard InChI is InChI=1S/C23H25N3O3/c1-16-4-10-22(29-3)20(14-16)21(27)9-11-23(28)25-17(2)18-5-7-19(8-6-18)26-13-12-24-15-26/h4-8,10,12-15,17H,9,11H2,1-3H3,(H,25,28)/t17-/m0/s1. The fourth-order valence-electron chi connectivity index (χ4n) is 3.15. The van der Waals surface area contributed by atoms with Crippen molar-refractivity contribution >= 4 is 11.7 Å². The van der Waals surface area contributed by atoms with E-state index in [2.05, 4.69) is 10.3 Å². The summed E-state index contributed by atoms with van der Waals surface area (Å²) in [5.41, 5.74) is 3.49. The van der Waals surface area contributed by atoms with Crippen molar-refractivity contribution in [3.63, 3.8) is 0 Å². The van der Waals surface area contributed by atoms with E-state index in [1.807, 2.05) is 54.9 Å². The van der Waals surface area contributed by atoms with Crippen molar-refractivity contribution in [2.45, 2.75) is 32.7 Å². The zero-order chi connectivity index (χ0) is 20.8. The number of nitrogens with one attached hydrogen (secondary N) is 1. The molecule has 1 amide bonds. The molecule has 0 aliphatic carbocycles. The number of hydrogen-bond acceptors (Lipinski definition) is 4. The van der Waals surface area contributed by atoms with Gasteiger partial charge in [-0.05, 0) is 43.7 Å². The van der Waals surface area contributed by atoms with E-state index in [1.165, 1.54) is 7.11 Å². The molecule has 1 N–H and O–H groups in total. The van der Waals surface area contributed by atoms with Crippen molar-refractivity contribution in [3.8, 4) is 11.4 Å². The van der Waals surface area contributed by atoms with Crippen LogP contribution in [0.25, 0.3) is 5.69 Å². The maximum absolute atomic E-state index is 12.5. The van der Waals surface area contributed by atoms with E-state index < -0.39 is 0 Å². The first-order valence-electron chi connectivity index (χ1n) is 9.53. The SMILES string of the molecule is COc1ccc(C)cc1C(=O)CCC(=O)N[C@@H](C)c1ccc(-n2ccnc2)cc1. The van der Waals surface area contributed by atoms with Crippen LogP contribution in [0, 0.1) is 6.92 Å². The second-order valence-corrected chi connectivity index (χ2v) is 6.98. The first kappa shape index (κ1) is 20.3. The molecule has 6 nitrogen and oxygen atoms in total. The van der Waals surface area contributed by atoms with Crippen LogP contribution in [0.1, 0.15) is 47.3 Å². The molecule has 0 saturated carbocycles. The maximum Gasteiger partial charge on any atom is 0.220 e. The number of aryl methyl sites for hydroxylation is 1. The van der Waals surface area contributed by atoms with E-state index in [9.17, 15) is 9.59 Å². The van der Waals surface area contributed by atoms with Crippen LogP contribution in [-0.2, 0) is 4.79 Å². The Morgan fingerprint density at radius 3 is 2.55 bits per heavy atom. The van der Waals surface area contributed by atoms with Crippen molar-refractivity contribution < 1.29 is 14.3 Å². The Hall–Kier alpha value is -3.41. The zero-order valence-electron chi connectivity index (χ0n) is 16.9. The predicted octanol–water partition coefficient (Wildman–Crippen LogP) is 4.03. The predicted molar refractivity (Wildman–Crippen MR) is 111 cm³/mol. The normalized spacial score (nSPS) is 11.7. The molecular weight excluding hydrogens is 366 g/mol. The molecule has 1 heterocycles. The van der Waals surface area contributed by atoms with E-state index in [1.54, 1.807) is 24.7 Å². The molecule has 3 aromatic rings. The number of ketones is 1. The van der Waals surface area contributed by atoms with Gasteiger partial charge < -0.3 is 14.6 Å². The third-order valence-electron chi connectivity index (χ3n) is 4.81. The fourth-order valence-corrected chi connectivity index (χ4v) is 3.15. The largest absolute Gasteiger partial charge is 0.496 e. The molecule has 0 aliphatic heterocycles. The van der Waals surface area contributed by atoms with Gasteiger partial charge in [-0.1, -0.05) is 23.8 Å². The lowest BCUT2D eigenvalue weighted by molar-refractivity contribution is -0.121. The van der Waals surface area contributed by atoms with Gasteiger partial charge in [0.05, 0.1) is 25.0 Å². The molecule has 1 atom stereocenters. The molecule has 0 bridgehead atoms. The summed E-state index contributed by atoms with van der Waals surface area (Å²) < 4.78 is 7.17. The second kappa shape index (κ2) is 9.19. The first-order chi connectivity index (χ1) is 14.0. The van der Waals surface area contributed by atoms with Gasteiger partial charge >= 0.3 is 0 Å². The number of hydrogen-bond donors (Lipinski definition) is 1. The highest BCUT2D eigenvalue weighted by atomic mass is 16.5. The average Bonchev–Trinajstić information content (AvgIpc) is 3.27. The average molecular weight is 391 g/mol. The molecule has 0 saturated heterocycles. The van der Waals surface area contributed by atoms with Gasteiger partial charge in [0, 0.05) is 30.9 Å². The Morgan fingerprint density at radius 1 is 1.14 bits per heavy atom. The van der Waals surface area contributed by atoms with Gasteiger partial charge in [-0.15, -0.1) is 0 Å². The summed E-state index contributed by atoms with van der Waals surface area (Å²) in [6.45, 7) is 3.85. The quantitative estimate of drug-likeness (QED) is 0.589. The molecule has 0 aliphatic rings. The minimum absolute atomic E-state index is 0.0990. The van der Waals surface area contributed by atoms with Crippen LogP contribution in [0.2, 0.25) is 0 Å². The second-order valence-electron chi connectivity index (χ2n) is 6.98. The third-order valence-corrected chi connectivity index (χ3v) is 4.81. The van der Waals surface area contributed by atoms with Gasteiger partial charge in [0.2, 0.25) is 5.91 Å². The molecule has 150 valence electrons. The van der Waals surface area contributed by atoms with E-state index in [4.69, 9.17) is 4.74 Å². The number of methoxy groups -OCH3 is 1. The van der Waals surface area contributed by atoms with Crippen LogP contribution in [0.15, 0.2) is 61.2 Å². The summed E-state index contributed by atoms with van der Waals surface area (Å²) in [5, 5.41) is 2.96. The molecule has 6 heteroatoms. The van der Waals surface area contributed by atoms with E-state index in [0.29, 0.717) is 11.3 Å². The number of aromatic nitrogens is 2. The molecule has 0 fully saturated rings. The number of Topliss-reactive ketones (excluding diaryl/α,β-unsaturated/α-hetero) is 1. The number of imidazole rings is 1. The monoisotopic (exact) mass is 391 g/mol. The lowest BCUT2D eigenvalue weighted by Crippen LogP contribution is -2.27. The number of ether oxygens (including phenoxy) is 1. The molecule has 3 rings (SSSR count). The van der Waals surface area contributed by atoms with Gasteiger partial charge in [-0.2, -0.15) is 0 Å². The Morgan fingerprint density at radius 2 is 1.90 bits per heavy atom. The summed E-state index contributed by atoms with van der Waals surface area (Å²) >= 11 is 0. The summed E-state index contributed by atoms with van der Waals surface area (Å²) in [7, 11) is 1.54. The Labute approximate surface area is 170 Å². The highest BCUT2D eigenvalue weighted by Crippen LogP contribution is 2.22. The van der Waals surface area contributed by atoms with Crippen LogP contribution in [0.3, 0.4) is 0 Å². The van der Waals surface area contributed by atoms with E-state index in [-0.39, 0.29) is 30.6 Å². The van der Waals surface area contributed by atoms with Crippen LogP contribution in [0.5, 0.6) is 5.75 Å². The Kier molecular flexibility index (Phi) is 6.44. The van der Waals surface area contributed by atoms with Gasteiger partial charge in [0.1, 0.15) is 5.75 Å². The van der Waals surface area contributed by atoms with Crippen molar-refractivity contribution in [2.24, 2.45) is 0 Å². The van der Waals surface area contributed by atoms with E-state index >= 15 is 0 Å². The molecule has 1 aromatic heterocycles. The number of nitrogens with zero attached hydrogens (tertiary/aromatic N) is 2. The topological polar surface area (TPSA) is 73.2 Å². The van der Waals surface area contributed by atoms with Crippen LogP contribution >= 0.6 is 0 Å². The van der Waals surface area contributed by atoms with Gasteiger partial charge in [0.15, 0.2) is 5.78 Å². The molecular formula is C23H25N3O3. The molecule has 0 spiro atoms. The molecule has 2 aromatic carbocycles. The zero-order valence-corrected chi connectivity index (χ0v) is 16.9. The van der Waals surface area contributed by atoms with Crippen molar-refractivity contribution in [1.82, 2.24) is 14.9 Å². The van der Waals surface area contributed by atoms with Crippen LogP contribution in [-0.4, -0.2) is 28.4 Å². The third kappa shape index (κ3) is 5.10. The minimum atomic E-state index is -0.156. The highest BCUT2D eigenvalue weighted by Gasteiger charge is 2.16. The van der Waals surface area contributed by atoms with E-state index in [0.717, 1.165) is 16.8 Å². The molecule has 0 unspecified atom stereocenters. The number of amides is 1. The number of benzene rings is 2. The Bertz CT molecular complexity index is 979. The van der Waals surface area contributed by atoms with Gasteiger partial charge in [0.25, 0.3) is 0 Å². The molecule has 0 radical (unpaired) electrons. The highest BCUT2D eigenvalue weighted by molar-refractivity contribution is 6.00.